The molecule has 0 radical (unpaired) electrons. The van der Waals surface area contributed by atoms with Gasteiger partial charge in [-0.15, -0.1) is 0 Å². The average molecular weight is 473 g/mol. The fourth-order valence-electron chi connectivity index (χ4n) is 4.51. The first-order valence-corrected chi connectivity index (χ1v) is 12.8. The van der Waals surface area contributed by atoms with Crippen LogP contribution in [0.2, 0.25) is 0 Å². The lowest BCUT2D eigenvalue weighted by molar-refractivity contribution is 0.0624. The molecule has 0 unspecified atom stereocenters. The van der Waals surface area contributed by atoms with Crippen LogP contribution in [0.25, 0.3) is 0 Å². The lowest BCUT2D eigenvalue weighted by atomic mass is 10.1. The summed E-state index contributed by atoms with van der Waals surface area (Å²) in [6, 6.07) is 8.62. The molecule has 0 bridgehead atoms. The Hall–Kier alpha value is -2.49. The lowest BCUT2D eigenvalue weighted by Crippen LogP contribution is -2.49. The molecule has 2 heterocycles. The van der Waals surface area contributed by atoms with Crippen molar-refractivity contribution in [2.45, 2.75) is 37.6 Å². The molecule has 8 nitrogen and oxygen atoms in total. The third kappa shape index (κ3) is 4.76. The maximum atomic E-state index is 13.0. The Labute approximate surface area is 195 Å². The number of nitrogens with zero attached hydrogens (tertiary/aromatic N) is 4. The van der Waals surface area contributed by atoms with Crippen LogP contribution < -0.4 is 0 Å². The summed E-state index contributed by atoms with van der Waals surface area (Å²) >= 11 is 0. The molecule has 0 atom stereocenters. The average Bonchev–Trinajstić information content (AvgIpc) is 3.57. The number of carbonyl (C=O) groups excluding carboxylic acids is 2. The summed E-state index contributed by atoms with van der Waals surface area (Å²) in [5.41, 5.74) is 3.49. The normalized spacial score (nSPS) is 17.5. The van der Waals surface area contributed by atoms with Crippen LogP contribution >= 0.6 is 0 Å². The summed E-state index contributed by atoms with van der Waals surface area (Å²) in [6.07, 6.45) is 2.38. The van der Waals surface area contributed by atoms with Crippen LogP contribution in [0.1, 0.15) is 51.0 Å². The smallest absolute Gasteiger partial charge is 0.253 e. The molecule has 178 valence electrons. The monoisotopic (exact) mass is 472 g/mol. The van der Waals surface area contributed by atoms with Crippen LogP contribution in [0.5, 0.6) is 0 Å². The Morgan fingerprint density at radius 3 is 2.15 bits per heavy atom. The maximum absolute atomic E-state index is 13.0. The molecule has 9 heteroatoms. The molecule has 1 aliphatic heterocycles. The van der Waals surface area contributed by atoms with Crippen molar-refractivity contribution in [1.29, 1.82) is 0 Å². The van der Waals surface area contributed by atoms with E-state index in [0.717, 1.165) is 21.3 Å². The number of aromatic nitrogens is 1. The molecule has 4 rings (SSSR count). The van der Waals surface area contributed by atoms with Gasteiger partial charge in [-0.1, -0.05) is 0 Å². The maximum Gasteiger partial charge on any atom is 0.253 e. The number of carbonyl (C=O) groups is 2. The van der Waals surface area contributed by atoms with E-state index in [1.54, 1.807) is 17.0 Å². The largest absolute Gasteiger partial charge is 0.345 e. The van der Waals surface area contributed by atoms with Crippen LogP contribution in [-0.2, 0) is 10.0 Å². The Balaban J connectivity index is 1.34. The highest BCUT2D eigenvalue weighted by atomic mass is 32.2. The zero-order valence-electron chi connectivity index (χ0n) is 19.7. The summed E-state index contributed by atoms with van der Waals surface area (Å²) in [5.74, 6) is 0.00947. The van der Waals surface area contributed by atoms with E-state index < -0.39 is 10.0 Å². The predicted octanol–water partition coefficient (Wildman–Crippen LogP) is 2.33. The van der Waals surface area contributed by atoms with Crippen LogP contribution in [0.3, 0.4) is 0 Å². The number of amides is 1. The minimum atomic E-state index is -3.52. The van der Waals surface area contributed by atoms with Gasteiger partial charge in [-0.25, -0.2) is 12.7 Å². The number of Topliss-reactive ketones (excluding diaryl/α,β-unsaturated/α-hetero) is 1. The first kappa shape index (κ1) is 23.7. The van der Waals surface area contributed by atoms with Gasteiger partial charge in [0.05, 0.1) is 11.4 Å². The molecular formula is C24H32N4O4S. The van der Waals surface area contributed by atoms with E-state index in [1.165, 1.54) is 39.1 Å². The van der Waals surface area contributed by atoms with Crippen molar-refractivity contribution in [1.82, 2.24) is 18.7 Å². The molecule has 2 aromatic rings. The highest BCUT2D eigenvalue weighted by molar-refractivity contribution is 7.89. The number of hydrogen-bond donors (Lipinski definition) is 0. The molecule has 0 N–H and O–H groups in total. The van der Waals surface area contributed by atoms with Gasteiger partial charge in [0.1, 0.15) is 0 Å². The van der Waals surface area contributed by atoms with Crippen molar-refractivity contribution >= 4 is 21.7 Å². The van der Waals surface area contributed by atoms with E-state index in [4.69, 9.17) is 0 Å². The molecule has 2 aliphatic rings. The first-order valence-electron chi connectivity index (χ1n) is 11.4. The van der Waals surface area contributed by atoms with E-state index in [2.05, 4.69) is 16.4 Å². The quantitative estimate of drug-likeness (QED) is 0.578. The highest BCUT2D eigenvalue weighted by Gasteiger charge is 2.29. The van der Waals surface area contributed by atoms with Gasteiger partial charge in [0.15, 0.2) is 5.78 Å². The van der Waals surface area contributed by atoms with E-state index >= 15 is 0 Å². The molecule has 1 saturated heterocycles. The summed E-state index contributed by atoms with van der Waals surface area (Å²) in [5, 5.41) is 0. The number of ketones is 1. The van der Waals surface area contributed by atoms with Crippen LogP contribution in [0.15, 0.2) is 35.2 Å². The van der Waals surface area contributed by atoms with Gasteiger partial charge in [0, 0.05) is 68.8 Å². The molecule has 1 aromatic carbocycles. The standard InChI is InChI=1S/C24H32N4O4S/c1-17-15-22(18(2)28(17)20-7-8-20)23(29)16-26-11-13-27(14-12-26)24(30)19-5-9-21(10-6-19)33(31,32)25(3)4/h5-6,9-10,15,20H,7-8,11-14,16H2,1-4H3. The van der Waals surface area contributed by atoms with Gasteiger partial charge in [-0.05, 0) is 57.0 Å². The number of piperazine rings is 1. The molecule has 1 aliphatic carbocycles. The number of benzene rings is 1. The van der Waals surface area contributed by atoms with E-state index in [9.17, 15) is 18.0 Å². The van der Waals surface area contributed by atoms with Gasteiger partial charge >= 0.3 is 0 Å². The van der Waals surface area contributed by atoms with Gasteiger partial charge in [0.2, 0.25) is 10.0 Å². The summed E-state index contributed by atoms with van der Waals surface area (Å²) in [6.45, 7) is 6.78. The third-order valence-electron chi connectivity index (χ3n) is 6.60. The highest BCUT2D eigenvalue weighted by Crippen LogP contribution is 2.38. The minimum Gasteiger partial charge on any atom is -0.345 e. The summed E-state index contributed by atoms with van der Waals surface area (Å²) in [7, 11) is -0.572. The van der Waals surface area contributed by atoms with Gasteiger partial charge in [-0.2, -0.15) is 0 Å². The minimum absolute atomic E-state index is 0.122. The SMILES string of the molecule is Cc1cc(C(=O)CN2CCN(C(=O)c3ccc(S(=O)(=O)N(C)C)cc3)CC2)c(C)n1C1CC1. The van der Waals surface area contributed by atoms with E-state index in [0.29, 0.717) is 44.3 Å². The van der Waals surface area contributed by atoms with Gasteiger partial charge in [-0.3, -0.25) is 14.5 Å². The molecule has 0 spiro atoms. The number of rotatable bonds is 7. The van der Waals surface area contributed by atoms with Gasteiger partial charge < -0.3 is 9.47 Å². The van der Waals surface area contributed by atoms with Crippen molar-refractivity contribution in [2.75, 3.05) is 46.8 Å². The van der Waals surface area contributed by atoms with Crippen LogP contribution in [0.4, 0.5) is 0 Å². The zero-order valence-corrected chi connectivity index (χ0v) is 20.6. The molecular weight excluding hydrogens is 440 g/mol. The second kappa shape index (κ2) is 9.04. The molecule has 1 saturated carbocycles. The second-order valence-electron chi connectivity index (χ2n) is 9.19. The van der Waals surface area contributed by atoms with Crippen molar-refractivity contribution in [3.63, 3.8) is 0 Å². The molecule has 1 amide bonds. The number of aryl methyl sites for hydroxylation is 1. The molecule has 33 heavy (non-hydrogen) atoms. The number of hydrogen-bond acceptors (Lipinski definition) is 5. The fourth-order valence-corrected chi connectivity index (χ4v) is 5.42. The third-order valence-corrected chi connectivity index (χ3v) is 8.43. The summed E-state index contributed by atoms with van der Waals surface area (Å²) < 4.78 is 27.9. The van der Waals surface area contributed by atoms with Crippen molar-refractivity contribution in [3.8, 4) is 0 Å². The zero-order chi connectivity index (χ0) is 23.9. The van der Waals surface area contributed by atoms with E-state index in [1.807, 2.05) is 13.0 Å². The van der Waals surface area contributed by atoms with Crippen LogP contribution in [-0.4, -0.2) is 85.6 Å². The molecule has 2 fully saturated rings. The first-order chi connectivity index (χ1) is 15.6. The lowest BCUT2D eigenvalue weighted by Gasteiger charge is -2.34. The topological polar surface area (TPSA) is 82.9 Å². The van der Waals surface area contributed by atoms with Gasteiger partial charge in [0.25, 0.3) is 5.91 Å². The number of sulfonamides is 1. The fraction of sp³-hybridized carbons (Fsp3) is 0.500. The van der Waals surface area contributed by atoms with Crippen molar-refractivity contribution in [3.05, 3.63) is 52.8 Å². The van der Waals surface area contributed by atoms with Crippen LogP contribution in [0, 0.1) is 13.8 Å². The van der Waals surface area contributed by atoms with E-state index in [-0.39, 0.29) is 16.6 Å². The van der Waals surface area contributed by atoms with Crippen molar-refractivity contribution in [2.24, 2.45) is 0 Å². The summed E-state index contributed by atoms with van der Waals surface area (Å²) in [4.78, 5) is 29.8. The molecule has 1 aromatic heterocycles. The second-order valence-corrected chi connectivity index (χ2v) is 11.3. The Morgan fingerprint density at radius 1 is 1.00 bits per heavy atom. The Morgan fingerprint density at radius 2 is 1.61 bits per heavy atom. The Bertz CT molecular complexity index is 1160. The van der Waals surface area contributed by atoms with Crippen molar-refractivity contribution < 1.29 is 18.0 Å². The predicted molar refractivity (Wildman–Crippen MR) is 126 cm³/mol. The Kier molecular flexibility index (Phi) is 6.48.